The highest BCUT2D eigenvalue weighted by Crippen LogP contribution is 2.26. The van der Waals surface area contributed by atoms with Crippen LogP contribution in [0.1, 0.15) is 15.9 Å². The summed E-state index contributed by atoms with van der Waals surface area (Å²) in [7, 11) is 1.65. The van der Waals surface area contributed by atoms with Gasteiger partial charge in [0.25, 0.3) is 5.91 Å². The maximum Gasteiger partial charge on any atom is 0.573 e. The molecule has 6 nitrogen and oxygen atoms in total. The maximum atomic E-state index is 12.5. The molecule has 0 aromatic heterocycles. The lowest BCUT2D eigenvalue weighted by molar-refractivity contribution is -0.274. The van der Waals surface area contributed by atoms with Crippen LogP contribution in [0.4, 0.5) is 13.2 Å². The third-order valence-corrected chi connectivity index (χ3v) is 5.96. The van der Waals surface area contributed by atoms with Gasteiger partial charge in [-0.3, -0.25) is 14.6 Å². The molecular weight excluding hydrogens is 491 g/mol. The first-order valence-electron chi connectivity index (χ1n) is 10.2. The number of carbonyl (C=O) groups is 1. The van der Waals surface area contributed by atoms with E-state index in [1.807, 2.05) is 18.2 Å². The van der Waals surface area contributed by atoms with Crippen molar-refractivity contribution in [2.24, 2.45) is 0 Å². The van der Waals surface area contributed by atoms with Crippen LogP contribution in [0.3, 0.4) is 0 Å². The number of carbonyl (C=O) groups excluding carboxylic acids is 1. The summed E-state index contributed by atoms with van der Waals surface area (Å²) in [5.41, 5.74) is 1.02. The van der Waals surface area contributed by atoms with Crippen molar-refractivity contribution in [1.29, 1.82) is 0 Å². The van der Waals surface area contributed by atoms with Crippen LogP contribution in [0.2, 0.25) is 0 Å². The highest BCUT2D eigenvalue weighted by Gasteiger charge is 2.32. The van der Waals surface area contributed by atoms with E-state index in [9.17, 15) is 18.0 Å². The van der Waals surface area contributed by atoms with Crippen LogP contribution < -0.4 is 14.8 Å². The predicted octanol–water partition coefficient (Wildman–Crippen LogP) is 3.90. The smallest absolute Gasteiger partial charge is 0.497 e. The molecule has 174 valence electrons. The number of ether oxygens (including phenoxy) is 2. The molecule has 1 amide bonds. The lowest BCUT2D eigenvalue weighted by atomic mass is 10.2. The second-order valence-corrected chi connectivity index (χ2v) is 8.23. The maximum absolute atomic E-state index is 12.5. The van der Waals surface area contributed by atoms with E-state index in [0.717, 1.165) is 54.6 Å². The molecule has 0 unspecified atom stereocenters. The van der Waals surface area contributed by atoms with Gasteiger partial charge in [0, 0.05) is 50.3 Å². The minimum Gasteiger partial charge on any atom is -0.497 e. The molecule has 32 heavy (non-hydrogen) atoms. The van der Waals surface area contributed by atoms with Crippen LogP contribution in [0, 0.1) is 0 Å². The standard InChI is InChI=1S/C22H25BrF3N3O3/c1-31-17-6-7-19(23)16(14-17)15-29-12-10-28(11-13-29)9-8-27-21(30)18-4-2-3-5-20(18)32-22(24,25)26/h2-7,14H,8-13,15H2,1H3,(H,27,30). The number of nitrogens with zero attached hydrogens (tertiary/aromatic N) is 2. The first kappa shape index (κ1) is 24.3. The fraction of sp³-hybridized carbons (Fsp3) is 0.409. The van der Waals surface area contributed by atoms with Crippen LogP contribution in [-0.4, -0.2) is 68.4 Å². The molecule has 1 N–H and O–H groups in total. The second kappa shape index (κ2) is 11.0. The first-order chi connectivity index (χ1) is 15.2. The van der Waals surface area contributed by atoms with Crippen molar-refractivity contribution in [1.82, 2.24) is 15.1 Å². The minimum absolute atomic E-state index is 0.140. The zero-order valence-corrected chi connectivity index (χ0v) is 19.2. The number of hydrogen-bond donors (Lipinski definition) is 1. The van der Waals surface area contributed by atoms with Crippen molar-refractivity contribution in [3.05, 3.63) is 58.1 Å². The Morgan fingerprint density at radius 1 is 1.09 bits per heavy atom. The number of halogens is 4. The number of para-hydroxylation sites is 1. The van der Waals surface area contributed by atoms with Gasteiger partial charge in [0.05, 0.1) is 12.7 Å². The number of benzene rings is 2. The highest BCUT2D eigenvalue weighted by molar-refractivity contribution is 9.10. The summed E-state index contributed by atoms with van der Waals surface area (Å²) < 4.78 is 47.9. The van der Waals surface area contributed by atoms with E-state index in [1.54, 1.807) is 7.11 Å². The average Bonchev–Trinajstić information content (AvgIpc) is 2.75. The molecule has 0 atom stereocenters. The summed E-state index contributed by atoms with van der Waals surface area (Å²) in [6.45, 7) is 5.18. The Kier molecular flexibility index (Phi) is 8.38. The number of methoxy groups -OCH3 is 1. The van der Waals surface area contributed by atoms with E-state index in [1.165, 1.54) is 18.2 Å². The zero-order chi connectivity index (χ0) is 23.1. The number of rotatable bonds is 8. The number of hydrogen-bond acceptors (Lipinski definition) is 5. The topological polar surface area (TPSA) is 54.0 Å². The van der Waals surface area contributed by atoms with E-state index in [4.69, 9.17) is 4.74 Å². The van der Waals surface area contributed by atoms with Gasteiger partial charge in [0.15, 0.2) is 0 Å². The van der Waals surface area contributed by atoms with Crippen LogP contribution in [0.15, 0.2) is 46.9 Å². The molecule has 1 saturated heterocycles. The van der Waals surface area contributed by atoms with Gasteiger partial charge in [-0.1, -0.05) is 28.1 Å². The summed E-state index contributed by atoms with van der Waals surface area (Å²) in [4.78, 5) is 16.9. The van der Waals surface area contributed by atoms with E-state index in [0.29, 0.717) is 13.1 Å². The van der Waals surface area contributed by atoms with Crippen LogP contribution >= 0.6 is 15.9 Å². The van der Waals surface area contributed by atoms with Crippen LogP contribution in [0.5, 0.6) is 11.5 Å². The number of amides is 1. The van der Waals surface area contributed by atoms with E-state index in [-0.39, 0.29) is 5.56 Å². The lowest BCUT2D eigenvalue weighted by Gasteiger charge is -2.34. The predicted molar refractivity (Wildman–Crippen MR) is 118 cm³/mol. The van der Waals surface area contributed by atoms with Gasteiger partial charge in [-0.2, -0.15) is 0 Å². The number of alkyl halides is 3. The lowest BCUT2D eigenvalue weighted by Crippen LogP contribution is -2.48. The Labute approximate surface area is 193 Å². The zero-order valence-electron chi connectivity index (χ0n) is 17.6. The van der Waals surface area contributed by atoms with Gasteiger partial charge in [0.1, 0.15) is 11.5 Å². The molecule has 0 spiro atoms. The third kappa shape index (κ3) is 7.11. The molecule has 2 aromatic carbocycles. The van der Waals surface area contributed by atoms with Crippen molar-refractivity contribution >= 4 is 21.8 Å². The first-order valence-corrected chi connectivity index (χ1v) is 10.9. The molecular formula is C22H25BrF3N3O3. The van der Waals surface area contributed by atoms with Crippen molar-refractivity contribution < 1.29 is 27.4 Å². The number of nitrogens with one attached hydrogen (secondary N) is 1. The monoisotopic (exact) mass is 515 g/mol. The Hall–Kier alpha value is -2.30. The highest BCUT2D eigenvalue weighted by atomic mass is 79.9. The normalized spacial score (nSPS) is 15.4. The summed E-state index contributed by atoms with van der Waals surface area (Å²) in [5.74, 6) is -0.277. The quantitative estimate of drug-likeness (QED) is 0.577. The minimum atomic E-state index is -4.85. The van der Waals surface area contributed by atoms with Crippen molar-refractivity contribution in [2.45, 2.75) is 12.9 Å². The molecule has 1 aliphatic heterocycles. The Morgan fingerprint density at radius 2 is 1.78 bits per heavy atom. The largest absolute Gasteiger partial charge is 0.573 e. The van der Waals surface area contributed by atoms with Crippen LogP contribution in [0.25, 0.3) is 0 Å². The fourth-order valence-electron chi connectivity index (χ4n) is 3.50. The SMILES string of the molecule is COc1ccc(Br)c(CN2CCN(CCNC(=O)c3ccccc3OC(F)(F)F)CC2)c1. The van der Waals surface area contributed by atoms with Crippen molar-refractivity contribution in [3.63, 3.8) is 0 Å². The van der Waals surface area contributed by atoms with Crippen molar-refractivity contribution in [2.75, 3.05) is 46.4 Å². The molecule has 3 rings (SSSR count). The summed E-state index contributed by atoms with van der Waals surface area (Å²) >= 11 is 3.58. The molecule has 0 saturated carbocycles. The Bertz CT molecular complexity index is 919. The average molecular weight is 516 g/mol. The second-order valence-electron chi connectivity index (χ2n) is 7.37. The summed E-state index contributed by atoms with van der Waals surface area (Å²) in [6, 6.07) is 11.2. The molecule has 1 fully saturated rings. The summed E-state index contributed by atoms with van der Waals surface area (Å²) in [6.07, 6.45) is -4.85. The number of piperazine rings is 1. The van der Waals surface area contributed by atoms with E-state index in [2.05, 4.69) is 35.8 Å². The molecule has 1 aliphatic rings. The van der Waals surface area contributed by atoms with Gasteiger partial charge in [0.2, 0.25) is 0 Å². The molecule has 2 aromatic rings. The van der Waals surface area contributed by atoms with E-state index < -0.39 is 18.0 Å². The van der Waals surface area contributed by atoms with Crippen molar-refractivity contribution in [3.8, 4) is 11.5 Å². The molecule has 1 heterocycles. The fourth-order valence-corrected chi connectivity index (χ4v) is 3.87. The van der Waals surface area contributed by atoms with E-state index >= 15 is 0 Å². The van der Waals surface area contributed by atoms with Gasteiger partial charge in [-0.05, 0) is 35.9 Å². The van der Waals surface area contributed by atoms with Gasteiger partial charge in [-0.15, -0.1) is 13.2 Å². The molecule has 0 radical (unpaired) electrons. The van der Waals surface area contributed by atoms with Gasteiger partial charge in [-0.25, -0.2) is 0 Å². The van der Waals surface area contributed by atoms with Gasteiger partial charge < -0.3 is 14.8 Å². The summed E-state index contributed by atoms with van der Waals surface area (Å²) in [5, 5.41) is 2.68. The Morgan fingerprint density at radius 3 is 2.47 bits per heavy atom. The Balaban J connectivity index is 1.44. The van der Waals surface area contributed by atoms with Crippen LogP contribution in [-0.2, 0) is 6.54 Å². The molecule has 10 heteroatoms. The third-order valence-electron chi connectivity index (χ3n) is 5.18. The van der Waals surface area contributed by atoms with Gasteiger partial charge >= 0.3 is 6.36 Å². The molecule has 0 bridgehead atoms. The molecule has 0 aliphatic carbocycles.